The highest BCUT2D eigenvalue weighted by molar-refractivity contribution is 5.94. The number of benzene rings is 1. The molecule has 0 unspecified atom stereocenters. The normalized spacial score (nSPS) is 14.0. The molecule has 4 heteroatoms. The first-order chi connectivity index (χ1) is 10.1. The number of nitrogens with zero attached hydrogens (tertiary/aromatic N) is 2. The van der Waals surface area contributed by atoms with E-state index in [1.807, 2.05) is 30.0 Å². The smallest absolute Gasteiger partial charge is 0.254 e. The van der Waals surface area contributed by atoms with E-state index in [4.69, 9.17) is 0 Å². The van der Waals surface area contributed by atoms with E-state index >= 15 is 0 Å². The molecule has 3 nitrogen and oxygen atoms in total. The molecule has 1 heterocycles. The van der Waals surface area contributed by atoms with Crippen molar-refractivity contribution in [3.63, 3.8) is 0 Å². The number of halogens is 1. The van der Waals surface area contributed by atoms with Crippen LogP contribution in [0.4, 0.5) is 4.39 Å². The fraction of sp³-hybridized carbons (Fsp3) is 0.294. The van der Waals surface area contributed by atoms with Crippen LogP contribution in [0.25, 0.3) is 0 Å². The van der Waals surface area contributed by atoms with Gasteiger partial charge in [-0.1, -0.05) is 29.8 Å². The van der Waals surface area contributed by atoms with Gasteiger partial charge in [-0.25, -0.2) is 4.98 Å². The molecule has 0 radical (unpaired) electrons. The molecule has 0 aliphatic heterocycles. The molecule has 21 heavy (non-hydrogen) atoms. The molecule has 1 aromatic heterocycles. The zero-order valence-electron chi connectivity index (χ0n) is 11.9. The molecule has 0 spiro atoms. The lowest BCUT2D eigenvalue weighted by molar-refractivity contribution is 0.0729. The van der Waals surface area contributed by atoms with E-state index in [1.54, 1.807) is 6.07 Å². The Hall–Kier alpha value is -2.23. The maximum absolute atomic E-state index is 13.2. The van der Waals surface area contributed by atoms with Gasteiger partial charge in [0.15, 0.2) is 0 Å². The van der Waals surface area contributed by atoms with Crippen molar-refractivity contribution >= 4 is 5.91 Å². The fourth-order valence-electron chi connectivity index (χ4n) is 2.46. The monoisotopic (exact) mass is 284 g/mol. The Kier molecular flexibility index (Phi) is 3.69. The molecule has 1 aliphatic carbocycles. The van der Waals surface area contributed by atoms with E-state index in [9.17, 15) is 9.18 Å². The summed E-state index contributed by atoms with van der Waals surface area (Å²) in [6, 6.07) is 11.2. The Labute approximate surface area is 123 Å². The van der Waals surface area contributed by atoms with E-state index < -0.39 is 5.95 Å². The maximum atomic E-state index is 13.2. The third kappa shape index (κ3) is 3.27. The van der Waals surface area contributed by atoms with Gasteiger partial charge in [0, 0.05) is 30.4 Å². The van der Waals surface area contributed by atoms with Gasteiger partial charge in [0.1, 0.15) is 0 Å². The molecule has 1 saturated carbocycles. The molecule has 1 aromatic carbocycles. The highest BCUT2D eigenvalue weighted by atomic mass is 19.1. The largest absolute Gasteiger partial charge is 0.331 e. The van der Waals surface area contributed by atoms with Crippen LogP contribution in [0.3, 0.4) is 0 Å². The second-order valence-electron chi connectivity index (χ2n) is 5.52. The predicted octanol–water partition coefficient (Wildman–Crippen LogP) is 3.33. The number of carbonyl (C=O) groups excluding carboxylic acids is 1. The van der Waals surface area contributed by atoms with Crippen LogP contribution in [0.5, 0.6) is 0 Å². The van der Waals surface area contributed by atoms with Crippen LogP contribution in [-0.4, -0.2) is 21.8 Å². The quantitative estimate of drug-likeness (QED) is 0.807. The minimum absolute atomic E-state index is 0.125. The van der Waals surface area contributed by atoms with E-state index in [2.05, 4.69) is 11.1 Å². The first-order valence-electron chi connectivity index (χ1n) is 7.11. The summed E-state index contributed by atoms with van der Waals surface area (Å²) in [6.07, 6.45) is 3.37. The molecule has 0 saturated heterocycles. The van der Waals surface area contributed by atoms with Gasteiger partial charge in [0.05, 0.1) is 0 Å². The zero-order chi connectivity index (χ0) is 14.8. The number of amides is 1. The fourth-order valence-corrected chi connectivity index (χ4v) is 2.46. The second kappa shape index (κ2) is 5.64. The number of pyridine rings is 1. The maximum Gasteiger partial charge on any atom is 0.254 e. The zero-order valence-corrected chi connectivity index (χ0v) is 11.9. The van der Waals surface area contributed by atoms with E-state index in [-0.39, 0.29) is 11.9 Å². The molecule has 1 fully saturated rings. The Balaban J connectivity index is 1.83. The number of aryl methyl sites for hydroxylation is 1. The summed E-state index contributed by atoms with van der Waals surface area (Å²) in [7, 11) is 0. The lowest BCUT2D eigenvalue weighted by atomic mass is 10.1. The molecule has 3 rings (SSSR count). The first kappa shape index (κ1) is 13.7. The van der Waals surface area contributed by atoms with Crippen LogP contribution in [0.15, 0.2) is 42.6 Å². The molecule has 2 aromatic rings. The van der Waals surface area contributed by atoms with Crippen molar-refractivity contribution < 1.29 is 9.18 Å². The highest BCUT2D eigenvalue weighted by Crippen LogP contribution is 2.30. The summed E-state index contributed by atoms with van der Waals surface area (Å²) in [5.41, 5.74) is 2.64. The Morgan fingerprint density at radius 1 is 1.33 bits per heavy atom. The van der Waals surface area contributed by atoms with Gasteiger partial charge in [-0.05, 0) is 31.4 Å². The third-order valence-electron chi connectivity index (χ3n) is 3.66. The van der Waals surface area contributed by atoms with E-state index in [0.717, 1.165) is 18.4 Å². The van der Waals surface area contributed by atoms with E-state index in [1.165, 1.54) is 17.8 Å². The summed E-state index contributed by atoms with van der Waals surface area (Å²) in [6.45, 7) is 2.60. The average molecular weight is 284 g/mol. The Bertz CT molecular complexity index is 667. The number of hydrogen-bond donors (Lipinski definition) is 0. The summed E-state index contributed by atoms with van der Waals surface area (Å²) in [5.74, 6) is -0.743. The second-order valence-corrected chi connectivity index (χ2v) is 5.52. The molecule has 0 atom stereocenters. The third-order valence-corrected chi connectivity index (χ3v) is 3.66. The molecular weight excluding hydrogens is 267 g/mol. The van der Waals surface area contributed by atoms with Crippen LogP contribution < -0.4 is 0 Å². The molecule has 0 N–H and O–H groups in total. The topological polar surface area (TPSA) is 33.2 Å². The van der Waals surface area contributed by atoms with Gasteiger partial charge in [-0.15, -0.1) is 0 Å². The van der Waals surface area contributed by atoms with Crippen LogP contribution in [0.2, 0.25) is 0 Å². The number of rotatable bonds is 4. The molecule has 1 aliphatic rings. The lowest BCUT2D eigenvalue weighted by Crippen LogP contribution is -2.32. The minimum atomic E-state index is -0.618. The number of carbonyl (C=O) groups is 1. The van der Waals surface area contributed by atoms with Gasteiger partial charge in [-0.2, -0.15) is 4.39 Å². The molecular formula is C17H17FN2O. The summed E-state index contributed by atoms with van der Waals surface area (Å²) >= 11 is 0. The average Bonchev–Trinajstić information content (AvgIpc) is 3.29. The van der Waals surface area contributed by atoms with Crippen molar-refractivity contribution in [2.75, 3.05) is 0 Å². The lowest BCUT2D eigenvalue weighted by Gasteiger charge is -2.23. The summed E-state index contributed by atoms with van der Waals surface area (Å²) in [5, 5.41) is 0. The molecule has 0 bridgehead atoms. The summed E-state index contributed by atoms with van der Waals surface area (Å²) in [4.78, 5) is 17.9. The van der Waals surface area contributed by atoms with Gasteiger partial charge in [0.25, 0.3) is 5.91 Å². The van der Waals surface area contributed by atoms with Crippen molar-refractivity contribution in [1.29, 1.82) is 0 Å². The SMILES string of the molecule is Cc1cccc(CN(C(=O)c2ccnc(F)c2)C2CC2)c1. The van der Waals surface area contributed by atoms with Crippen LogP contribution in [0, 0.1) is 12.9 Å². The number of hydrogen-bond acceptors (Lipinski definition) is 2. The predicted molar refractivity (Wildman–Crippen MR) is 78.3 cm³/mol. The van der Waals surface area contributed by atoms with Crippen molar-refractivity contribution in [3.8, 4) is 0 Å². The first-order valence-corrected chi connectivity index (χ1v) is 7.11. The van der Waals surface area contributed by atoms with Gasteiger partial charge >= 0.3 is 0 Å². The van der Waals surface area contributed by atoms with Crippen LogP contribution in [-0.2, 0) is 6.54 Å². The summed E-state index contributed by atoms with van der Waals surface area (Å²) < 4.78 is 13.2. The molecule has 1 amide bonds. The highest BCUT2D eigenvalue weighted by Gasteiger charge is 2.33. The Morgan fingerprint density at radius 3 is 2.81 bits per heavy atom. The minimum Gasteiger partial charge on any atom is -0.331 e. The van der Waals surface area contributed by atoms with Crippen molar-refractivity contribution in [1.82, 2.24) is 9.88 Å². The molecule has 108 valence electrons. The van der Waals surface area contributed by atoms with Gasteiger partial charge in [0.2, 0.25) is 5.95 Å². The van der Waals surface area contributed by atoms with Crippen LogP contribution in [0.1, 0.15) is 34.3 Å². The van der Waals surface area contributed by atoms with Gasteiger partial charge in [-0.3, -0.25) is 4.79 Å². The van der Waals surface area contributed by atoms with Crippen molar-refractivity contribution in [3.05, 3.63) is 65.2 Å². The standard InChI is InChI=1S/C17H17FN2O/c1-12-3-2-4-13(9-12)11-20(15-5-6-15)17(21)14-7-8-19-16(18)10-14/h2-4,7-10,15H,5-6,11H2,1H3. The van der Waals surface area contributed by atoms with Crippen molar-refractivity contribution in [2.45, 2.75) is 32.4 Å². The van der Waals surface area contributed by atoms with Crippen molar-refractivity contribution in [2.24, 2.45) is 0 Å². The number of aromatic nitrogens is 1. The van der Waals surface area contributed by atoms with Gasteiger partial charge < -0.3 is 4.90 Å². The van der Waals surface area contributed by atoms with Crippen LogP contribution >= 0.6 is 0 Å². The Morgan fingerprint density at radius 2 is 2.14 bits per heavy atom. The van der Waals surface area contributed by atoms with E-state index in [0.29, 0.717) is 12.1 Å².